The highest BCUT2D eigenvalue weighted by atomic mass is 32.2. The Bertz CT molecular complexity index is 942. The molecule has 2 aromatic rings. The van der Waals surface area contributed by atoms with Crippen LogP contribution in [0.25, 0.3) is 6.08 Å². The van der Waals surface area contributed by atoms with E-state index >= 15 is 0 Å². The number of carbonyl (C=O) groups is 1. The third-order valence-electron chi connectivity index (χ3n) is 3.54. The summed E-state index contributed by atoms with van der Waals surface area (Å²) >= 11 is 0. The second-order valence-corrected chi connectivity index (χ2v) is 7.46. The third-order valence-corrected chi connectivity index (χ3v) is 4.67. The normalized spacial score (nSPS) is 11.3. The van der Waals surface area contributed by atoms with Gasteiger partial charge in [0, 0.05) is 17.4 Å². The fraction of sp³-hybridized carbons (Fsp3) is 0.150. The van der Waals surface area contributed by atoms with Gasteiger partial charge < -0.3 is 9.47 Å². The minimum atomic E-state index is -3.44. The molecule has 0 unspecified atom stereocenters. The smallest absolute Gasteiger partial charge is 0.185 e. The van der Waals surface area contributed by atoms with Crippen LogP contribution in [-0.4, -0.2) is 34.2 Å². The van der Waals surface area contributed by atoms with Crippen LogP contribution in [0.3, 0.4) is 0 Å². The molecule has 0 saturated carbocycles. The molecule has 5 nitrogen and oxygen atoms in total. The number of carbonyl (C=O) groups excluding carboxylic acids is 1. The van der Waals surface area contributed by atoms with Gasteiger partial charge in [-0.3, -0.25) is 4.79 Å². The zero-order chi connectivity index (χ0) is 19.2. The fourth-order valence-electron chi connectivity index (χ4n) is 2.29. The van der Waals surface area contributed by atoms with Gasteiger partial charge in [0.25, 0.3) is 0 Å². The number of ether oxygens (including phenoxy) is 2. The largest absolute Gasteiger partial charge is 0.495 e. The highest BCUT2D eigenvalue weighted by molar-refractivity contribution is 7.90. The Morgan fingerprint density at radius 3 is 2.54 bits per heavy atom. The SMILES string of the molecule is C=CCOc1ccccc1/C=C/C(=O)c1ccc(S(C)(=O)=O)c(OC)c1. The van der Waals surface area contributed by atoms with E-state index < -0.39 is 9.84 Å². The van der Waals surface area contributed by atoms with Crippen LogP contribution in [-0.2, 0) is 9.84 Å². The monoisotopic (exact) mass is 372 g/mol. The third kappa shape index (κ3) is 4.83. The Balaban J connectivity index is 2.28. The Morgan fingerprint density at radius 1 is 1.15 bits per heavy atom. The Labute approximate surface area is 153 Å². The predicted octanol–water partition coefficient (Wildman–Crippen LogP) is 3.56. The highest BCUT2D eigenvalue weighted by Gasteiger charge is 2.16. The first-order valence-corrected chi connectivity index (χ1v) is 9.69. The Morgan fingerprint density at radius 2 is 1.88 bits per heavy atom. The molecular weight excluding hydrogens is 352 g/mol. The maximum atomic E-state index is 12.4. The molecule has 0 radical (unpaired) electrons. The fourth-order valence-corrected chi connectivity index (χ4v) is 3.11. The highest BCUT2D eigenvalue weighted by Crippen LogP contribution is 2.26. The molecule has 0 bridgehead atoms. The van der Waals surface area contributed by atoms with Crippen LogP contribution in [0.15, 0.2) is 66.1 Å². The lowest BCUT2D eigenvalue weighted by atomic mass is 10.1. The van der Waals surface area contributed by atoms with Gasteiger partial charge in [0.15, 0.2) is 15.6 Å². The van der Waals surface area contributed by atoms with Gasteiger partial charge in [0.2, 0.25) is 0 Å². The van der Waals surface area contributed by atoms with Gasteiger partial charge in [0.1, 0.15) is 23.0 Å². The van der Waals surface area contributed by atoms with Crippen LogP contribution in [0.5, 0.6) is 11.5 Å². The number of benzene rings is 2. The standard InChI is InChI=1S/C20H20O5S/c1-4-13-25-18-8-6-5-7-15(18)9-11-17(21)16-10-12-20(26(3,22)23)19(14-16)24-2/h4-12,14H,1,13H2,2-3H3/b11-9+. The molecule has 0 aliphatic heterocycles. The van der Waals surface area contributed by atoms with Crippen molar-refractivity contribution < 1.29 is 22.7 Å². The van der Waals surface area contributed by atoms with Crippen molar-refractivity contribution in [1.82, 2.24) is 0 Å². The Kier molecular flexibility index (Phi) is 6.36. The lowest BCUT2D eigenvalue weighted by molar-refractivity contribution is 0.104. The van der Waals surface area contributed by atoms with Crippen LogP contribution in [0.1, 0.15) is 15.9 Å². The van der Waals surface area contributed by atoms with Crippen LogP contribution < -0.4 is 9.47 Å². The number of hydrogen-bond donors (Lipinski definition) is 0. The van der Waals surface area contributed by atoms with E-state index in [9.17, 15) is 13.2 Å². The second-order valence-electron chi connectivity index (χ2n) is 5.47. The predicted molar refractivity (Wildman–Crippen MR) is 102 cm³/mol. The van der Waals surface area contributed by atoms with E-state index in [4.69, 9.17) is 9.47 Å². The number of para-hydroxylation sites is 1. The van der Waals surface area contributed by atoms with Crippen molar-refractivity contribution in [2.24, 2.45) is 0 Å². The first kappa shape index (κ1) is 19.5. The molecule has 2 rings (SSSR count). The summed E-state index contributed by atoms with van der Waals surface area (Å²) in [5, 5.41) is 0. The van der Waals surface area contributed by atoms with Crippen LogP contribution >= 0.6 is 0 Å². The molecular formula is C20H20O5S. The molecule has 0 fully saturated rings. The van der Waals surface area contributed by atoms with E-state index in [0.29, 0.717) is 17.9 Å². The maximum Gasteiger partial charge on any atom is 0.185 e. The molecule has 2 aromatic carbocycles. The summed E-state index contributed by atoms with van der Waals surface area (Å²) in [6, 6.07) is 11.6. The molecule has 0 spiro atoms. The van der Waals surface area contributed by atoms with E-state index in [1.54, 1.807) is 18.2 Å². The molecule has 0 N–H and O–H groups in total. The molecule has 136 valence electrons. The van der Waals surface area contributed by atoms with Crippen LogP contribution in [0.4, 0.5) is 0 Å². The summed E-state index contributed by atoms with van der Waals surface area (Å²) < 4.78 is 34.1. The summed E-state index contributed by atoms with van der Waals surface area (Å²) in [6.07, 6.45) is 5.79. The molecule has 6 heteroatoms. The quantitative estimate of drug-likeness (QED) is 0.403. The molecule has 0 aliphatic rings. The number of ketones is 1. The number of allylic oxidation sites excluding steroid dienone is 1. The summed E-state index contributed by atoms with van der Waals surface area (Å²) in [5.41, 5.74) is 1.08. The van der Waals surface area contributed by atoms with Crippen molar-refractivity contribution in [3.05, 3.63) is 72.3 Å². The molecule has 0 amide bonds. The summed E-state index contributed by atoms with van der Waals surface area (Å²) in [6.45, 7) is 3.97. The summed E-state index contributed by atoms with van der Waals surface area (Å²) in [5.74, 6) is 0.504. The first-order chi connectivity index (χ1) is 12.4. The minimum Gasteiger partial charge on any atom is -0.495 e. The van der Waals surface area contributed by atoms with E-state index in [0.717, 1.165) is 11.8 Å². The Hall–Kier alpha value is -2.86. The second kappa shape index (κ2) is 8.49. The number of hydrogen-bond acceptors (Lipinski definition) is 5. The molecule has 26 heavy (non-hydrogen) atoms. The summed E-state index contributed by atoms with van der Waals surface area (Å²) in [7, 11) is -2.07. The lowest BCUT2D eigenvalue weighted by Crippen LogP contribution is -2.03. The van der Waals surface area contributed by atoms with Crippen molar-refractivity contribution in [2.75, 3.05) is 20.0 Å². The van der Waals surface area contributed by atoms with E-state index in [1.165, 1.54) is 31.4 Å². The van der Waals surface area contributed by atoms with Crippen LogP contribution in [0.2, 0.25) is 0 Å². The molecule has 0 aromatic heterocycles. The van der Waals surface area contributed by atoms with Gasteiger partial charge in [0.05, 0.1) is 7.11 Å². The maximum absolute atomic E-state index is 12.4. The molecule has 0 aliphatic carbocycles. The van der Waals surface area contributed by atoms with Gasteiger partial charge >= 0.3 is 0 Å². The van der Waals surface area contributed by atoms with E-state index in [2.05, 4.69) is 6.58 Å². The van der Waals surface area contributed by atoms with Crippen molar-refractivity contribution >= 4 is 21.7 Å². The minimum absolute atomic E-state index is 0.0451. The topological polar surface area (TPSA) is 69.7 Å². The van der Waals surface area contributed by atoms with Gasteiger partial charge in [-0.2, -0.15) is 0 Å². The molecule has 0 saturated heterocycles. The van der Waals surface area contributed by atoms with Gasteiger partial charge in [-0.1, -0.05) is 30.9 Å². The zero-order valence-electron chi connectivity index (χ0n) is 14.6. The van der Waals surface area contributed by atoms with Crippen molar-refractivity contribution in [2.45, 2.75) is 4.90 Å². The van der Waals surface area contributed by atoms with E-state index in [1.807, 2.05) is 18.2 Å². The van der Waals surface area contributed by atoms with E-state index in [-0.39, 0.29) is 16.4 Å². The van der Waals surface area contributed by atoms with Crippen molar-refractivity contribution in [3.8, 4) is 11.5 Å². The summed E-state index contributed by atoms with van der Waals surface area (Å²) in [4.78, 5) is 12.5. The lowest BCUT2D eigenvalue weighted by Gasteiger charge is -2.08. The first-order valence-electron chi connectivity index (χ1n) is 7.80. The zero-order valence-corrected chi connectivity index (χ0v) is 15.5. The molecule has 0 atom stereocenters. The van der Waals surface area contributed by atoms with Gasteiger partial charge in [-0.25, -0.2) is 8.42 Å². The van der Waals surface area contributed by atoms with Crippen molar-refractivity contribution in [3.63, 3.8) is 0 Å². The number of sulfone groups is 1. The average Bonchev–Trinajstić information content (AvgIpc) is 2.63. The average molecular weight is 372 g/mol. The van der Waals surface area contributed by atoms with Crippen molar-refractivity contribution in [1.29, 1.82) is 0 Å². The number of methoxy groups -OCH3 is 1. The molecule has 0 heterocycles. The van der Waals surface area contributed by atoms with Gasteiger partial charge in [-0.15, -0.1) is 0 Å². The number of rotatable bonds is 8. The van der Waals surface area contributed by atoms with Crippen LogP contribution in [0, 0.1) is 0 Å². The van der Waals surface area contributed by atoms with Gasteiger partial charge in [-0.05, 0) is 36.4 Å².